The number of amides is 2. The summed E-state index contributed by atoms with van der Waals surface area (Å²) < 4.78 is 0. The number of carbonyl (C=O) groups is 2. The van der Waals surface area contributed by atoms with Crippen molar-refractivity contribution in [2.45, 2.75) is 58.4 Å². The van der Waals surface area contributed by atoms with Gasteiger partial charge in [-0.25, -0.2) is 0 Å². The molecule has 0 radical (unpaired) electrons. The van der Waals surface area contributed by atoms with Gasteiger partial charge in [-0.05, 0) is 49.8 Å². The average molecular weight is 365 g/mol. The predicted octanol–water partition coefficient (Wildman–Crippen LogP) is 3.91. The van der Waals surface area contributed by atoms with Crippen molar-refractivity contribution in [3.8, 4) is 0 Å². The highest BCUT2D eigenvalue weighted by molar-refractivity contribution is 6.30. The first kappa shape index (κ1) is 19.8. The molecule has 0 aliphatic carbocycles. The molecule has 1 aliphatic heterocycles. The molecule has 4 nitrogen and oxygen atoms in total. The van der Waals surface area contributed by atoms with Crippen LogP contribution in [0.2, 0.25) is 5.02 Å². The topological polar surface area (TPSA) is 40.6 Å². The van der Waals surface area contributed by atoms with Crippen LogP contribution in [0.3, 0.4) is 0 Å². The lowest BCUT2D eigenvalue weighted by molar-refractivity contribution is -0.136. The second-order valence-electron chi connectivity index (χ2n) is 6.78. The van der Waals surface area contributed by atoms with Crippen LogP contribution in [-0.2, 0) is 16.0 Å². The zero-order valence-corrected chi connectivity index (χ0v) is 16.1. The molecule has 1 fully saturated rings. The number of halogens is 1. The lowest BCUT2D eigenvalue weighted by Crippen LogP contribution is -2.44. The molecule has 2 rings (SSSR count). The zero-order valence-electron chi connectivity index (χ0n) is 15.3. The number of hydrogen-bond acceptors (Lipinski definition) is 2. The van der Waals surface area contributed by atoms with E-state index in [1.165, 1.54) is 6.42 Å². The summed E-state index contributed by atoms with van der Waals surface area (Å²) in [7, 11) is 0. The largest absolute Gasteiger partial charge is 0.342 e. The maximum absolute atomic E-state index is 12.6. The Labute approximate surface area is 156 Å². The zero-order chi connectivity index (χ0) is 18.2. The first-order valence-electron chi connectivity index (χ1n) is 9.30. The normalized spacial score (nSPS) is 17.4. The molecule has 1 saturated heterocycles. The molecule has 0 spiro atoms. The van der Waals surface area contributed by atoms with Gasteiger partial charge in [-0.15, -0.1) is 0 Å². The van der Waals surface area contributed by atoms with Gasteiger partial charge < -0.3 is 9.80 Å². The van der Waals surface area contributed by atoms with Gasteiger partial charge in [0.15, 0.2) is 0 Å². The van der Waals surface area contributed by atoms with E-state index in [2.05, 4.69) is 6.92 Å². The van der Waals surface area contributed by atoms with Gasteiger partial charge in [0.1, 0.15) is 0 Å². The molecule has 1 unspecified atom stereocenters. The van der Waals surface area contributed by atoms with Crippen LogP contribution in [0.25, 0.3) is 0 Å². The molecule has 1 heterocycles. The molecule has 1 aromatic rings. The van der Waals surface area contributed by atoms with Crippen molar-refractivity contribution in [1.82, 2.24) is 9.80 Å². The van der Waals surface area contributed by atoms with Crippen LogP contribution in [0, 0.1) is 0 Å². The van der Waals surface area contributed by atoms with Gasteiger partial charge >= 0.3 is 0 Å². The Morgan fingerprint density at radius 1 is 1.28 bits per heavy atom. The van der Waals surface area contributed by atoms with Crippen molar-refractivity contribution in [3.05, 3.63) is 34.9 Å². The van der Waals surface area contributed by atoms with Gasteiger partial charge in [0.05, 0.1) is 0 Å². The summed E-state index contributed by atoms with van der Waals surface area (Å²) in [5, 5.41) is 0.706. The standard InChI is InChI=1S/C20H29ClN2O2/c1-3-19-9-4-5-12-23(19)20(25)11-14-22(16(2)24)13-10-17-7-6-8-18(21)15-17/h6-8,15,19H,3-5,9-14H2,1-2H3. The molecule has 2 amide bonds. The van der Waals surface area contributed by atoms with Crippen molar-refractivity contribution in [2.75, 3.05) is 19.6 Å². The summed E-state index contributed by atoms with van der Waals surface area (Å²) in [4.78, 5) is 28.3. The number of hydrogen-bond donors (Lipinski definition) is 0. The molecule has 5 heteroatoms. The van der Waals surface area contributed by atoms with Gasteiger partial charge in [-0.1, -0.05) is 30.7 Å². The summed E-state index contributed by atoms with van der Waals surface area (Å²) in [6.45, 7) is 5.67. The lowest BCUT2D eigenvalue weighted by atomic mass is 9.99. The van der Waals surface area contributed by atoms with Crippen LogP contribution in [0.4, 0.5) is 0 Å². The van der Waals surface area contributed by atoms with Gasteiger partial charge in [-0.2, -0.15) is 0 Å². The molecule has 1 aliphatic rings. The van der Waals surface area contributed by atoms with E-state index < -0.39 is 0 Å². The van der Waals surface area contributed by atoms with E-state index in [1.807, 2.05) is 29.2 Å². The van der Waals surface area contributed by atoms with Gasteiger partial charge in [-0.3, -0.25) is 9.59 Å². The van der Waals surface area contributed by atoms with Crippen molar-refractivity contribution < 1.29 is 9.59 Å². The fourth-order valence-corrected chi connectivity index (χ4v) is 3.72. The van der Waals surface area contributed by atoms with E-state index in [0.29, 0.717) is 30.6 Å². The van der Waals surface area contributed by atoms with Crippen LogP contribution in [0.5, 0.6) is 0 Å². The van der Waals surface area contributed by atoms with E-state index in [0.717, 1.165) is 37.8 Å². The smallest absolute Gasteiger partial charge is 0.224 e. The minimum absolute atomic E-state index is 0.0144. The Hall–Kier alpha value is -1.55. The fourth-order valence-electron chi connectivity index (χ4n) is 3.51. The monoisotopic (exact) mass is 364 g/mol. The fraction of sp³-hybridized carbons (Fsp3) is 0.600. The number of benzene rings is 1. The summed E-state index contributed by atoms with van der Waals surface area (Å²) in [6, 6.07) is 8.06. The summed E-state index contributed by atoms with van der Waals surface area (Å²) in [5.74, 6) is 0.195. The second-order valence-corrected chi connectivity index (χ2v) is 7.22. The number of piperidine rings is 1. The summed E-state index contributed by atoms with van der Waals surface area (Å²) in [5.41, 5.74) is 1.10. The SMILES string of the molecule is CCC1CCCCN1C(=O)CCN(CCc1cccc(Cl)c1)C(C)=O. The van der Waals surface area contributed by atoms with Crippen molar-refractivity contribution in [1.29, 1.82) is 0 Å². The van der Waals surface area contributed by atoms with Crippen LogP contribution < -0.4 is 0 Å². The Balaban J connectivity index is 1.86. The molecule has 0 aromatic heterocycles. The number of nitrogens with zero attached hydrogens (tertiary/aromatic N) is 2. The third kappa shape index (κ3) is 6.03. The quantitative estimate of drug-likeness (QED) is 0.735. The van der Waals surface area contributed by atoms with Crippen LogP contribution in [-0.4, -0.2) is 47.3 Å². The molecule has 0 saturated carbocycles. The molecular weight excluding hydrogens is 336 g/mol. The third-order valence-electron chi connectivity index (χ3n) is 5.02. The molecule has 138 valence electrons. The average Bonchev–Trinajstić information content (AvgIpc) is 2.61. The van der Waals surface area contributed by atoms with Gasteiger partial charge in [0.25, 0.3) is 0 Å². The minimum atomic E-state index is 0.0144. The van der Waals surface area contributed by atoms with E-state index >= 15 is 0 Å². The first-order chi connectivity index (χ1) is 12.0. The Bertz CT molecular complexity index is 591. The maximum atomic E-state index is 12.6. The van der Waals surface area contributed by atoms with E-state index in [1.54, 1.807) is 11.8 Å². The Morgan fingerprint density at radius 2 is 2.08 bits per heavy atom. The van der Waals surface area contributed by atoms with Crippen LogP contribution in [0.1, 0.15) is 51.5 Å². The molecule has 1 atom stereocenters. The Morgan fingerprint density at radius 3 is 2.76 bits per heavy atom. The second kappa shape index (κ2) is 9.81. The summed E-state index contributed by atoms with van der Waals surface area (Å²) >= 11 is 6.01. The third-order valence-corrected chi connectivity index (χ3v) is 5.25. The van der Waals surface area contributed by atoms with Crippen molar-refractivity contribution in [2.24, 2.45) is 0 Å². The predicted molar refractivity (Wildman–Crippen MR) is 102 cm³/mol. The molecular formula is C20H29ClN2O2. The van der Waals surface area contributed by atoms with Crippen LogP contribution >= 0.6 is 11.6 Å². The number of likely N-dealkylation sites (tertiary alicyclic amines) is 1. The van der Waals surface area contributed by atoms with E-state index in [-0.39, 0.29) is 11.8 Å². The maximum Gasteiger partial charge on any atom is 0.224 e. The van der Waals surface area contributed by atoms with E-state index in [4.69, 9.17) is 11.6 Å². The number of carbonyl (C=O) groups excluding carboxylic acids is 2. The molecule has 1 aromatic carbocycles. The Kier molecular flexibility index (Phi) is 7.76. The molecule has 25 heavy (non-hydrogen) atoms. The van der Waals surface area contributed by atoms with Gasteiger partial charge in [0.2, 0.25) is 11.8 Å². The minimum Gasteiger partial charge on any atom is -0.342 e. The highest BCUT2D eigenvalue weighted by Gasteiger charge is 2.25. The van der Waals surface area contributed by atoms with Gasteiger partial charge in [0, 0.05) is 44.0 Å². The molecule has 0 bridgehead atoms. The van der Waals surface area contributed by atoms with Crippen molar-refractivity contribution in [3.63, 3.8) is 0 Å². The van der Waals surface area contributed by atoms with E-state index in [9.17, 15) is 9.59 Å². The van der Waals surface area contributed by atoms with Crippen LogP contribution in [0.15, 0.2) is 24.3 Å². The highest BCUT2D eigenvalue weighted by Crippen LogP contribution is 2.20. The highest BCUT2D eigenvalue weighted by atomic mass is 35.5. The number of rotatable bonds is 7. The lowest BCUT2D eigenvalue weighted by Gasteiger charge is -2.35. The molecule has 0 N–H and O–H groups in total. The van der Waals surface area contributed by atoms with Crippen molar-refractivity contribution >= 4 is 23.4 Å². The summed E-state index contributed by atoms with van der Waals surface area (Å²) in [6.07, 6.45) is 5.57. The first-order valence-corrected chi connectivity index (χ1v) is 9.68.